The minimum atomic E-state index is 0.0570. The van der Waals surface area contributed by atoms with Gasteiger partial charge >= 0.3 is 0 Å². The number of phenolic OH excluding ortho intramolecular Hbond substituents is 1. The predicted octanol–water partition coefficient (Wildman–Crippen LogP) is 1.59. The second-order valence-electron chi connectivity index (χ2n) is 5.78. The molecule has 0 bridgehead atoms. The van der Waals surface area contributed by atoms with Crippen molar-refractivity contribution in [2.75, 3.05) is 13.1 Å². The van der Waals surface area contributed by atoms with Gasteiger partial charge in [0.2, 0.25) is 0 Å². The van der Waals surface area contributed by atoms with Crippen LogP contribution < -0.4 is 5.73 Å². The fourth-order valence-electron chi connectivity index (χ4n) is 3.47. The summed E-state index contributed by atoms with van der Waals surface area (Å²) in [5.41, 5.74) is 6.81. The van der Waals surface area contributed by atoms with Gasteiger partial charge in [-0.05, 0) is 48.9 Å². The highest BCUT2D eigenvalue weighted by atomic mass is 16.3. The smallest absolute Gasteiger partial charge is 0.253 e. The van der Waals surface area contributed by atoms with Crippen molar-refractivity contribution in [1.29, 1.82) is 0 Å². The molecule has 2 fully saturated rings. The van der Waals surface area contributed by atoms with E-state index >= 15 is 0 Å². The van der Waals surface area contributed by atoms with E-state index in [2.05, 4.69) is 0 Å². The Balaban J connectivity index is 1.73. The molecule has 1 aliphatic carbocycles. The summed E-state index contributed by atoms with van der Waals surface area (Å²) in [4.78, 5) is 14.3. The Bertz CT molecular complexity index is 472. The zero-order valence-electron chi connectivity index (χ0n) is 11.0. The molecule has 0 radical (unpaired) electrons. The number of phenols is 1. The van der Waals surface area contributed by atoms with Gasteiger partial charge in [0.25, 0.3) is 5.91 Å². The van der Waals surface area contributed by atoms with Gasteiger partial charge in [0.1, 0.15) is 5.75 Å². The van der Waals surface area contributed by atoms with Crippen molar-refractivity contribution < 1.29 is 9.90 Å². The number of benzene rings is 1. The van der Waals surface area contributed by atoms with Crippen LogP contribution in [0.1, 0.15) is 29.6 Å². The quantitative estimate of drug-likeness (QED) is 0.806. The number of rotatable bonds is 1. The molecule has 3 N–H and O–H groups in total. The third kappa shape index (κ3) is 2.32. The molecule has 3 unspecified atom stereocenters. The van der Waals surface area contributed by atoms with Crippen molar-refractivity contribution in [2.45, 2.75) is 25.3 Å². The molecule has 2 aliphatic rings. The maximum atomic E-state index is 12.4. The van der Waals surface area contributed by atoms with Crippen molar-refractivity contribution in [2.24, 2.45) is 17.6 Å². The van der Waals surface area contributed by atoms with E-state index in [1.807, 2.05) is 4.90 Å². The Labute approximate surface area is 113 Å². The Morgan fingerprint density at radius 1 is 1.21 bits per heavy atom. The van der Waals surface area contributed by atoms with Gasteiger partial charge < -0.3 is 15.7 Å². The SMILES string of the molecule is NC1CCCC2CN(C(=O)c3ccc(O)cc3)CC12. The molecule has 19 heavy (non-hydrogen) atoms. The van der Waals surface area contributed by atoms with Crippen molar-refractivity contribution in [3.8, 4) is 5.75 Å². The molecule has 1 aromatic rings. The third-order valence-electron chi connectivity index (χ3n) is 4.56. The summed E-state index contributed by atoms with van der Waals surface area (Å²) < 4.78 is 0. The van der Waals surface area contributed by atoms with Crippen LogP contribution in [-0.2, 0) is 0 Å². The van der Waals surface area contributed by atoms with E-state index < -0.39 is 0 Å². The highest BCUT2D eigenvalue weighted by molar-refractivity contribution is 5.94. The van der Waals surface area contributed by atoms with Gasteiger partial charge in [-0.2, -0.15) is 0 Å². The first-order valence-corrected chi connectivity index (χ1v) is 6.99. The number of fused-ring (bicyclic) bond motifs is 1. The number of nitrogens with two attached hydrogens (primary N) is 1. The van der Waals surface area contributed by atoms with Gasteiger partial charge in [0.15, 0.2) is 0 Å². The number of aromatic hydroxyl groups is 1. The molecule has 1 aliphatic heterocycles. The van der Waals surface area contributed by atoms with Gasteiger partial charge in [0, 0.05) is 24.7 Å². The number of carbonyl (C=O) groups excluding carboxylic acids is 1. The predicted molar refractivity (Wildman–Crippen MR) is 72.8 cm³/mol. The van der Waals surface area contributed by atoms with E-state index in [1.54, 1.807) is 24.3 Å². The number of nitrogens with zero attached hydrogens (tertiary/aromatic N) is 1. The van der Waals surface area contributed by atoms with E-state index in [1.165, 1.54) is 12.8 Å². The average molecular weight is 260 g/mol. The average Bonchev–Trinajstić information content (AvgIpc) is 2.84. The lowest BCUT2D eigenvalue weighted by Crippen LogP contribution is -2.38. The highest BCUT2D eigenvalue weighted by Gasteiger charge is 2.40. The fourth-order valence-corrected chi connectivity index (χ4v) is 3.47. The first kappa shape index (κ1) is 12.5. The van der Waals surface area contributed by atoms with Crippen LogP contribution in [-0.4, -0.2) is 35.0 Å². The molecule has 1 amide bonds. The van der Waals surface area contributed by atoms with Gasteiger partial charge in [-0.1, -0.05) is 6.42 Å². The summed E-state index contributed by atoms with van der Waals surface area (Å²) in [6, 6.07) is 6.72. The molecular weight excluding hydrogens is 240 g/mol. The van der Waals surface area contributed by atoms with Crippen LogP contribution in [0.25, 0.3) is 0 Å². The normalized spacial score (nSPS) is 30.2. The Hall–Kier alpha value is -1.55. The number of likely N-dealkylation sites (tertiary alicyclic amines) is 1. The van der Waals surface area contributed by atoms with Gasteiger partial charge in [-0.15, -0.1) is 0 Å². The molecule has 4 heteroatoms. The lowest BCUT2D eigenvalue weighted by molar-refractivity contribution is 0.0783. The van der Waals surface area contributed by atoms with E-state index in [0.717, 1.165) is 19.5 Å². The van der Waals surface area contributed by atoms with Crippen LogP contribution in [0.15, 0.2) is 24.3 Å². The molecule has 1 saturated carbocycles. The number of amides is 1. The topological polar surface area (TPSA) is 66.6 Å². The zero-order chi connectivity index (χ0) is 13.4. The van der Waals surface area contributed by atoms with Crippen LogP contribution >= 0.6 is 0 Å². The first-order chi connectivity index (χ1) is 9.15. The first-order valence-electron chi connectivity index (χ1n) is 6.99. The van der Waals surface area contributed by atoms with Crippen molar-refractivity contribution in [3.05, 3.63) is 29.8 Å². The molecule has 1 saturated heterocycles. The van der Waals surface area contributed by atoms with Crippen molar-refractivity contribution in [1.82, 2.24) is 4.90 Å². The summed E-state index contributed by atoms with van der Waals surface area (Å²) in [6.45, 7) is 1.61. The summed E-state index contributed by atoms with van der Waals surface area (Å²) in [5.74, 6) is 1.29. The summed E-state index contributed by atoms with van der Waals surface area (Å²) in [5, 5.41) is 9.27. The fraction of sp³-hybridized carbons (Fsp3) is 0.533. The largest absolute Gasteiger partial charge is 0.508 e. The maximum Gasteiger partial charge on any atom is 0.253 e. The van der Waals surface area contributed by atoms with Gasteiger partial charge in [-0.25, -0.2) is 0 Å². The molecule has 102 valence electrons. The van der Waals surface area contributed by atoms with E-state index in [-0.39, 0.29) is 17.7 Å². The second-order valence-corrected chi connectivity index (χ2v) is 5.78. The zero-order valence-corrected chi connectivity index (χ0v) is 11.0. The summed E-state index contributed by atoms with van der Waals surface area (Å²) in [7, 11) is 0. The minimum Gasteiger partial charge on any atom is -0.508 e. The monoisotopic (exact) mass is 260 g/mol. The highest BCUT2D eigenvalue weighted by Crippen LogP contribution is 2.36. The lowest BCUT2D eigenvalue weighted by atomic mass is 9.78. The Kier molecular flexibility index (Phi) is 3.19. The second kappa shape index (κ2) is 4.85. The molecule has 3 atom stereocenters. The number of hydrogen-bond acceptors (Lipinski definition) is 3. The van der Waals surface area contributed by atoms with Crippen LogP contribution in [0.3, 0.4) is 0 Å². The van der Waals surface area contributed by atoms with E-state index in [4.69, 9.17) is 5.73 Å². The van der Waals surface area contributed by atoms with Crippen LogP contribution in [0.2, 0.25) is 0 Å². The molecule has 1 heterocycles. The van der Waals surface area contributed by atoms with E-state index in [0.29, 0.717) is 17.4 Å². The molecule has 4 nitrogen and oxygen atoms in total. The maximum absolute atomic E-state index is 12.4. The Morgan fingerprint density at radius 2 is 1.95 bits per heavy atom. The number of hydrogen-bond donors (Lipinski definition) is 2. The van der Waals surface area contributed by atoms with Crippen molar-refractivity contribution in [3.63, 3.8) is 0 Å². The van der Waals surface area contributed by atoms with Crippen LogP contribution in [0.4, 0.5) is 0 Å². The molecule has 0 spiro atoms. The molecular formula is C15H20N2O2. The van der Waals surface area contributed by atoms with Gasteiger partial charge in [-0.3, -0.25) is 4.79 Å². The Morgan fingerprint density at radius 3 is 2.63 bits per heavy atom. The third-order valence-corrected chi connectivity index (χ3v) is 4.56. The summed E-state index contributed by atoms with van der Waals surface area (Å²) in [6.07, 6.45) is 3.46. The van der Waals surface area contributed by atoms with Gasteiger partial charge in [0.05, 0.1) is 0 Å². The number of carbonyl (C=O) groups is 1. The minimum absolute atomic E-state index is 0.0570. The van der Waals surface area contributed by atoms with Crippen LogP contribution in [0, 0.1) is 11.8 Å². The standard InChI is InChI=1S/C15H20N2O2/c16-14-3-1-2-11-8-17(9-13(11)14)15(19)10-4-6-12(18)7-5-10/h4-7,11,13-14,18H,1-3,8-9,16H2. The molecule has 0 aromatic heterocycles. The van der Waals surface area contributed by atoms with Crippen molar-refractivity contribution >= 4 is 5.91 Å². The lowest BCUT2D eigenvalue weighted by Gasteiger charge is -2.29. The summed E-state index contributed by atoms with van der Waals surface area (Å²) >= 11 is 0. The molecule has 1 aromatic carbocycles. The van der Waals surface area contributed by atoms with Crippen LogP contribution in [0.5, 0.6) is 5.75 Å². The van der Waals surface area contributed by atoms with E-state index in [9.17, 15) is 9.90 Å². The molecule has 3 rings (SSSR count).